The summed E-state index contributed by atoms with van der Waals surface area (Å²) in [7, 11) is -4.01. The van der Waals surface area contributed by atoms with E-state index in [1.165, 1.54) is 24.5 Å². The Labute approximate surface area is 168 Å². The molecule has 0 aliphatic heterocycles. The van der Waals surface area contributed by atoms with Gasteiger partial charge in [0.15, 0.2) is 0 Å². The Morgan fingerprint density at radius 2 is 1.76 bits per heavy atom. The molecule has 1 N–H and O–H groups in total. The van der Waals surface area contributed by atoms with Gasteiger partial charge in [0, 0.05) is 0 Å². The Morgan fingerprint density at radius 1 is 1.03 bits per heavy atom. The summed E-state index contributed by atoms with van der Waals surface area (Å²) in [6.07, 6.45) is 2.91. The van der Waals surface area contributed by atoms with Gasteiger partial charge in [0.25, 0.3) is 10.0 Å². The first-order valence-electron chi connectivity index (χ1n) is 8.74. The molecular weight excluding hydrogens is 395 g/mol. The molecule has 0 atom stereocenters. The molecule has 1 amide bonds. The van der Waals surface area contributed by atoms with Crippen molar-refractivity contribution in [2.45, 2.75) is 6.54 Å². The van der Waals surface area contributed by atoms with E-state index in [9.17, 15) is 17.6 Å². The van der Waals surface area contributed by atoms with Gasteiger partial charge < -0.3 is 9.73 Å². The van der Waals surface area contributed by atoms with E-state index in [-0.39, 0.29) is 12.2 Å². The standard InChI is InChI=1S/C21H19FN2O4S/c22-18-8-10-19(11-9-18)24(16-21(25)23-15-20-7-4-13-28-20)29(26,27)14-12-17-5-2-1-3-6-17/h1-14H,15-16H2,(H,23,25)/b14-12+. The smallest absolute Gasteiger partial charge is 0.257 e. The van der Waals surface area contributed by atoms with E-state index in [2.05, 4.69) is 5.32 Å². The van der Waals surface area contributed by atoms with Crippen LogP contribution in [0.2, 0.25) is 0 Å². The van der Waals surface area contributed by atoms with Crippen LogP contribution in [0.3, 0.4) is 0 Å². The third-order valence-corrected chi connectivity index (χ3v) is 5.42. The van der Waals surface area contributed by atoms with Gasteiger partial charge in [0.2, 0.25) is 5.91 Å². The number of nitrogens with zero attached hydrogens (tertiary/aromatic N) is 1. The number of benzene rings is 2. The Morgan fingerprint density at radius 3 is 2.41 bits per heavy atom. The number of anilines is 1. The molecule has 1 heterocycles. The Balaban J connectivity index is 1.81. The van der Waals surface area contributed by atoms with Crippen molar-refractivity contribution >= 4 is 27.7 Å². The molecule has 0 fully saturated rings. The molecule has 8 heteroatoms. The van der Waals surface area contributed by atoms with Crippen LogP contribution in [0.1, 0.15) is 11.3 Å². The predicted octanol–water partition coefficient (Wildman–Crippen LogP) is 3.54. The summed E-state index contributed by atoms with van der Waals surface area (Å²) in [6.45, 7) is -0.337. The molecule has 1 aromatic heterocycles. The Bertz CT molecular complexity index is 1060. The number of carbonyl (C=O) groups is 1. The lowest BCUT2D eigenvalue weighted by atomic mass is 10.2. The minimum Gasteiger partial charge on any atom is -0.467 e. The quantitative estimate of drug-likeness (QED) is 0.611. The topological polar surface area (TPSA) is 79.6 Å². The monoisotopic (exact) mass is 414 g/mol. The zero-order valence-electron chi connectivity index (χ0n) is 15.4. The highest BCUT2D eigenvalue weighted by Gasteiger charge is 2.23. The second kappa shape index (κ2) is 9.20. The highest BCUT2D eigenvalue weighted by molar-refractivity contribution is 7.95. The van der Waals surface area contributed by atoms with E-state index in [1.54, 1.807) is 36.4 Å². The summed E-state index contributed by atoms with van der Waals surface area (Å²) < 4.78 is 45.2. The van der Waals surface area contributed by atoms with Crippen LogP contribution in [-0.2, 0) is 21.4 Å². The maximum absolute atomic E-state index is 13.3. The fraction of sp³-hybridized carbons (Fsp3) is 0.0952. The van der Waals surface area contributed by atoms with Crippen LogP contribution in [-0.4, -0.2) is 20.9 Å². The van der Waals surface area contributed by atoms with Gasteiger partial charge in [-0.15, -0.1) is 0 Å². The number of sulfonamides is 1. The van der Waals surface area contributed by atoms with Crippen molar-refractivity contribution in [1.29, 1.82) is 0 Å². The molecule has 0 saturated heterocycles. The highest BCUT2D eigenvalue weighted by atomic mass is 32.2. The predicted molar refractivity (Wildman–Crippen MR) is 109 cm³/mol. The van der Waals surface area contributed by atoms with Crippen molar-refractivity contribution in [3.63, 3.8) is 0 Å². The molecular formula is C21H19FN2O4S. The fourth-order valence-electron chi connectivity index (χ4n) is 2.52. The number of nitrogens with one attached hydrogen (secondary N) is 1. The van der Waals surface area contributed by atoms with Crippen molar-refractivity contribution in [2.75, 3.05) is 10.8 Å². The van der Waals surface area contributed by atoms with Gasteiger partial charge in [-0.05, 0) is 48.0 Å². The van der Waals surface area contributed by atoms with Crippen molar-refractivity contribution in [1.82, 2.24) is 5.32 Å². The lowest BCUT2D eigenvalue weighted by Crippen LogP contribution is -2.39. The molecule has 0 aliphatic rings. The third kappa shape index (κ3) is 5.79. The van der Waals surface area contributed by atoms with Crippen molar-refractivity contribution < 1.29 is 22.0 Å². The van der Waals surface area contributed by atoms with E-state index >= 15 is 0 Å². The van der Waals surface area contributed by atoms with E-state index < -0.39 is 28.3 Å². The van der Waals surface area contributed by atoms with E-state index in [0.29, 0.717) is 11.3 Å². The van der Waals surface area contributed by atoms with Crippen LogP contribution < -0.4 is 9.62 Å². The second-order valence-corrected chi connectivity index (χ2v) is 7.84. The van der Waals surface area contributed by atoms with Gasteiger partial charge in [0.05, 0.1) is 23.9 Å². The van der Waals surface area contributed by atoms with Crippen molar-refractivity contribution in [3.8, 4) is 0 Å². The number of halogens is 1. The van der Waals surface area contributed by atoms with Gasteiger partial charge in [-0.25, -0.2) is 12.8 Å². The van der Waals surface area contributed by atoms with Crippen LogP contribution in [0.5, 0.6) is 0 Å². The van der Waals surface area contributed by atoms with Gasteiger partial charge >= 0.3 is 0 Å². The molecule has 3 rings (SSSR count). The Kier molecular flexibility index (Phi) is 6.46. The molecule has 0 bridgehead atoms. The number of hydrogen-bond acceptors (Lipinski definition) is 4. The zero-order valence-corrected chi connectivity index (χ0v) is 16.2. The molecule has 0 spiro atoms. The first kappa shape index (κ1) is 20.3. The van der Waals surface area contributed by atoms with Gasteiger partial charge in [-0.3, -0.25) is 9.10 Å². The summed E-state index contributed by atoms with van der Waals surface area (Å²) in [4.78, 5) is 12.4. The van der Waals surface area contributed by atoms with E-state index in [0.717, 1.165) is 21.8 Å². The normalized spacial score (nSPS) is 11.5. The molecule has 6 nitrogen and oxygen atoms in total. The van der Waals surface area contributed by atoms with Gasteiger partial charge in [-0.2, -0.15) is 0 Å². The summed E-state index contributed by atoms with van der Waals surface area (Å²) in [5, 5.41) is 3.62. The third-order valence-electron chi connectivity index (χ3n) is 3.98. The van der Waals surface area contributed by atoms with Crippen LogP contribution in [0.4, 0.5) is 10.1 Å². The fourth-order valence-corrected chi connectivity index (χ4v) is 3.71. The van der Waals surface area contributed by atoms with Crippen LogP contribution in [0.25, 0.3) is 6.08 Å². The minimum absolute atomic E-state index is 0.128. The lowest BCUT2D eigenvalue weighted by Gasteiger charge is -2.22. The summed E-state index contributed by atoms with van der Waals surface area (Å²) in [6, 6.07) is 17.2. The molecule has 0 aliphatic carbocycles. The summed E-state index contributed by atoms with van der Waals surface area (Å²) in [5.74, 6) is -0.492. The van der Waals surface area contributed by atoms with Crippen LogP contribution >= 0.6 is 0 Å². The number of rotatable bonds is 8. The zero-order chi connectivity index (χ0) is 20.7. The number of furan rings is 1. The molecule has 0 saturated carbocycles. The maximum atomic E-state index is 13.3. The van der Waals surface area contributed by atoms with Crippen molar-refractivity contribution in [3.05, 3.63) is 95.5 Å². The number of amides is 1. The summed E-state index contributed by atoms with van der Waals surface area (Å²) >= 11 is 0. The average Bonchev–Trinajstić information content (AvgIpc) is 3.24. The molecule has 29 heavy (non-hydrogen) atoms. The van der Waals surface area contributed by atoms with Crippen LogP contribution in [0, 0.1) is 5.82 Å². The lowest BCUT2D eigenvalue weighted by molar-refractivity contribution is -0.119. The molecule has 2 aromatic carbocycles. The highest BCUT2D eigenvalue weighted by Crippen LogP contribution is 2.20. The van der Waals surface area contributed by atoms with E-state index in [1.807, 2.05) is 6.07 Å². The average molecular weight is 414 g/mol. The maximum Gasteiger partial charge on any atom is 0.257 e. The van der Waals surface area contributed by atoms with E-state index in [4.69, 9.17) is 4.42 Å². The number of hydrogen-bond donors (Lipinski definition) is 1. The largest absolute Gasteiger partial charge is 0.467 e. The Hall–Kier alpha value is -3.39. The second-order valence-electron chi connectivity index (χ2n) is 6.10. The minimum atomic E-state index is -4.01. The molecule has 3 aromatic rings. The van der Waals surface area contributed by atoms with Crippen molar-refractivity contribution in [2.24, 2.45) is 0 Å². The first-order valence-corrected chi connectivity index (χ1v) is 10.2. The first-order chi connectivity index (χ1) is 13.9. The number of carbonyl (C=O) groups excluding carboxylic acids is 1. The van der Waals surface area contributed by atoms with Gasteiger partial charge in [0.1, 0.15) is 18.1 Å². The summed E-state index contributed by atoms with van der Waals surface area (Å²) in [5.41, 5.74) is 0.870. The molecule has 0 unspecified atom stereocenters. The molecule has 0 radical (unpaired) electrons. The SMILES string of the molecule is O=C(CN(c1ccc(F)cc1)S(=O)(=O)/C=C/c1ccccc1)NCc1ccco1. The van der Waals surface area contributed by atoms with Crippen LogP contribution in [0.15, 0.2) is 82.8 Å². The molecule has 150 valence electrons. The van der Waals surface area contributed by atoms with Gasteiger partial charge in [-0.1, -0.05) is 30.3 Å².